The first-order chi connectivity index (χ1) is 12.2. The van der Waals surface area contributed by atoms with Crippen LogP contribution in [0.4, 0.5) is 5.69 Å². The van der Waals surface area contributed by atoms with E-state index >= 15 is 0 Å². The zero-order valence-electron chi connectivity index (χ0n) is 15.3. The first-order valence-electron chi connectivity index (χ1n) is 8.45. The first-order valence-corrected chi connectivity index (χ1v) is 9.93. The molecule has 0 radical (unpaired) electrons. The van der Waals surface area contributed by atoms with Gasteiger partial charge in [-0.15, -0.1) is 0 Å². The Morgan fingerprint density at radius 2 is 1.85 bits per heavy atom. The molecule has 0 amide bonds. The Morgan fingerprint density at radius 1 is 1.19 bits per heavy atom. The molecule has 8 nitrogen and oxygen atoms in total. The topological polar surface area (TPSA) is 113 Å². The third-order valence-electron chi connectivity index (χ3n) is 4.37. The van der Waals surface area contributed by atoms with Crippen LogP contribution >= 0.6 is 0 Å². The summed E-state index contributed by atoms with van der Waals surface area (Å²) in [5.74, 6) is 0.539. The quantitative estimate of drug-likeness (QED) is 0.612. The number of fused-ring (bicyclic) bond motifs is 1. The van der Waals surface area contributed by atoms with E-state index in [4.69, 9.17) is 0 Å². The summed E-state index contributed by atoms with van der Waals surface area (Å²) in [7, 11) is -3.81. The van der Waals surface area contributed by atoms with Crippen LogP contribution in [-0.2, 0) is 16.6 Å². The summed E-state index contributed by atoms with van der Waals surface area (Å²) >= 11 is 0. The van der Waals surface area contributed by atoms with Crippen LogP contribution in [0.3, 0.4) is 0 Å². The molecule has 0 saturated heterocycles. The van der Waals surface area contributed by atoms with E-state index in [2.05, 4.69) is 33.6 Å². The fraction of sp³-hybridized carbons (Fsp3) is 0.412. The number of aromatic amines is 2. The monoisotopic (exact) mass is 377 g/mol. The minimum atomic E-state index is -3.81. The Labute approximate surface area is 151 Å². The number of aryl methyl sites for hydroxylation is 2. The molecule has 3 aromatic rings. The number of hydrogen-bond donors (Lipinski definition) is 3. The second kappa shape index (κ2) is 6.64. The van der Waals surface area contributed by atoms with Gasteiger partial charge in [0, 0.05) is 6.54 Å². The number of sulfonamides is 1. The number of rotatable bonds is 6. The molecule has 0 bridgehead atoms. The van der Waals surface area contributed by atoms with Crippen LogP contribution in [0.15, 0.2) is 28.0 Å². The molecular weight excluding hydrogens is 354 g/mol. The fourth-order valence-electron chi connectivity index (χ4n) is 2.81. The van der Waals surface area contributed by atoms with Gasteiger partial charge in [-0.3, -0.25) is 9.40 Å². The van der Waals surface area contributed by atoms with Gasteiger partial charge in [-0.2, -0.15) is 5.10 Å². The van der Waals surface area contributed by atoms with Crippen LogP contribution in [0.2, 0.25) is 0 Å². The van der Waals surface area contributed by atoms with E-state index in [1.807, 2.05) is 6.92 Å². The third kappa shape index (κ3) is 3.52. The van der Waals surface area contributed by atoms with Crippen molar-refractivity contribution < 1.29 is 8.42 Å². The van der Waals surface area contributed by atoms with Gasteiger partial charge in [0.1, 0.15) is 0 Å². The number of imidazole rings is 1. The van der Waals surface area contributed by atoms with Crippen LogP contribution < -0.4 is 10.4 Å². The van der Waals surface area contributed by atoms with E-state index in [0.717, 1.165) is 18.7 Å². The molecule has 0 atom stereocenters. The van der Waals surface area contributed by atoms with Crippen molar-refractivity contribution >= 4 is 26.7 Å². The van der Waals surface area contributed by atoms with Crippen molar-refractivity contribution in [3.05, 3.63) is 40.1 Å². The Balaban J connectivity index is 1.92. The van der Waals surface area contributed by atoms with Crippen LogP contribution in [0.1, 0.15) is 31.5 Å². The molecule has 2 heterocycles. The highest BCUT2D eigenvalue weighted by molar-refractivity contribution is 7.92. The second-order valence-corrected chi connectivity index (χ2v) is 8.55. The van der Waals surface area contributed by atoms with Crippen LogP contribution in [0.25, 0.3) is 11.0 Å². The molecule has 0 aliphatic rings. The predicted octanol–water partition coefficient (Wildman–Crippen LogP) is 2.52. The Bertz CT molecular complexity index is 1110. The van der Waals surface area contributed by atoms with E-state index in [1.54, 1.807) is 17.7 Å². The van der Waals surface area contributed by atoms with Gasteiger partial charge in [0.15, 0.2) is 0 Å². The van der Waals surface area contributed by atoms with Crippen molar-refractivity contribution in [2.24, 2.45) is 5.92 Å². The van der Waals surface area contributed by atoms with Crippen molar-refractivity contribution in [3.63, 3.8) is 0 Å². The van der Waals surface area contributed by atoms with Gasteiger partial charge >= 0.3 is 5.69 Å². The maximum Gasteiger partial charge on any atom is 0.323 e. The maximum atomic E-state index is 12.9. The average Bonchev–Trinajstić information content (AvgIpc) is 3.06. The molecule has 0 aliphatic carbocycles. The summed E-state index contributed by atoms with van der Waals surface area (Å²) in [5.41, 5.74) is 2.42. The highest BCUT2D eigenvalue weighted by atomic mass is 32.2. The summed E-state index contributed by atoms with van der Waals surface area (Å²) in [6.07, 6.45) is 2.49. The molecule has 9 heteroatoms. The van der Waals surface area contributed by atoms with Crippen LogP contribution in [-0.4, -0.2) is 28.2 Å². The minimum absolute atomic E-state index is 0.120. The zero-order chi connectivity index (χ0) is 19.1. The largest absolute Gasteiger partial charge is 0.323 e. The summed E-state index contributed by atoms with van der Waals surface area (Å²) in [5, 5.41) is 4.28. The van der Waals surface area contributed by atoms with Crippen molar-refractivity contribution in [3.8, 4) is 0 Å². The number of nitrogens with zero attached hydrogens (tertiary/aromatic N) is 2. The lowest BCUT2D eigenvalue weighted by Crippen LogP contribution is -2.15. The summed E-state index contributed by atoms with van der Waals surface area (Å²) in [6.45, 7) is 8.53. The normalized spacial score (nSPS) is 12.2. The standard InChI is InChI=1S/C17H23N5O3S/c1-10(2)5-6-22-12(4)15(9-18-22)21-26(24,25)16-8-14-13(7-11(16)3)19-17(23)20-14/h7-10,21H,5-6H2,1-4H3,(H2,19,20,23). The molecule has 140 valence electrons. The number of aromatic nitrogens is 4. The van der Waals surface area contributed by atoms with Crippen molar-refractivity contribution in [2.45, 2.75) is 45.6 Å². The highest BCUT2D eigenvalue weighted by Crippen LogP contribution is 2.24. The van der Waals surface area contributed by atoms with E-state index in [0.29, 0.717) is 28.2 Å². The molecule has 3 N–H and O–H groups in total. The van der Waals surface area contributed by atoms with Gasteiger partial charge < -0.3 is 9.97 Å². The molecule has 26 heavy (non-hydrogen) atoms. The summed E-state index contributed by atoms with van der Waals surface area (Å²) < 4.78 is 30.1. The van der Waals surface area contributed by atoms with E-state index in [-0.39, 0.29) is 10.6 Å². The third-order valence-corrected chi connectivity index (χ3v) is 5.87. The lowest BCUT2D eigenvalue weighted by Gasteiger charge is -2.11. The first kappa shape index (κ1) is 18.2. The SMILES string of the molecule is Cc1cc2[nH]c(=O)[nH]c2cc1S(=O)(=O)Nc1cnn(CCC(C)C)c1C. The number of nitrogens with one attached hydrogen (secondary N) is 3. The molecule has 3 rings (SSSR count). The molecule has 1 aromatic carbocycles. The van der Waals surface area contributed by atoms with Crippen LogP contribution in [0.5, 0.6) is 0 Å². The van der Waals surface area contributed by atoms with Crippen molar-refractivity contribution in [1.29, 1.82) is 0 Å². The average molecular weight is 377 g/mol. The Hall–Kier alpha value is -2.55. The second-order valence-electron chi connectivity index (χ2n) is 6.90. The van der Waals surface area contributed by atoms with Gasteiger partial charge in [0.05, 0.1) is 33.5 Å². The van der Waals surface area contributed by atoms with Gasteiger partial charge in [-0.05, 0) is 43.9 Å². The molecule has 2 aromatic heterocycles. The Morgan fingerprint density at radius 3 is 2.50 bits per heavy atom. The number of benzene rings is 1. The lowest BCUT2D eigenvalue weighted by molar-refractivity contribution is 0.480. The van der Waals surface area contributed by atoms with Gasteiger partial charge in [-0.25, -0.2) is 13.2 Å². The van der Waals surface area contributed by atoms with E-state index in [9.17, 15) is 13.2 Å². The number of anilines is 1. The summed E-state index contributed by atoms with van der Waals surface area (Å²) in [4.78, 5) is 16.8. The van der Waals surface area contributed by atoms with Gasteiger partial charge in [0.25, 0.3) is 10.0 Å². The molecule has 0 fully saturated rings. The van der Waals surface area contributed by atoms with E-state index < -0.39 is 10.0 Å². The number of H-pyrrole nitrogens is 2. The number of hydrogen-bond acceptors (Lipinski definition) is 4. The molecular formula is C17H23N5O3S. The molecule has 0 unspecified atom stereocenters. The molecule has 0 aliphatic heterocycles. The van der Waals surface area contributed by atoms with Crippen molar-refractivity contribution in [1.82, 2.24) is 19.7 Å². The van der Waals surface area contributed by atoms with Crippen molar-refractivity contribution in [2.75, 3.05) is 4.72 Å². The summed E-state index contributed by atoms with van der Waals surface area (Å²) in [6, 6.07) is 3.10. The maximum absolute atomic E-state index is 12.9. The van der Waals surface area contributed by atoms with E-state index in [1.165, 1.54) is 12.3 Å². The van der Waals surface area contributed by atoms with Gasteiger partial charge in [0.2, 0.25) is 0 Å². The van der Waals surface area contributed by atoms with Gasteiger partial charge in [-0.1, -0.05) is 13.8 Å². The zero-order valence-corrected chi connectivity index (χ0v) is 16.1. The smallest absolute Gasteiger partial charge is 0.306 e. The molecule has 0 saturated carbocycles. The van der Waals surface area contributed by atoms with Crippen LogP contribution in [0, 0.1) is 19.8 Å². The highest BCUT2D eigenvalue weighted by Gasteiger charge is 2.21. The lowest BCUT2D eigenvalue weighted by atomic mass is 10.1. The minimum Gasteiger partial charge on any atom is -0.306 e. The predicted molar refractivity (Wildman–Crippen MR) is 101 cm³/mol. The fourth-order valence-corrected chi connectivity index (χ4v) is 4.17. The Kier molecular flexibility index (Phi) is 4.66. The molecule has 0 spiro atoms.